The molecule has 1 aromatic heterocycles. The van der Waals surface area contributed by atoms with Crippen molar-refractivity contribution in [3.63, 3.8) is 0 Å². The second-order valence-electron chi connectivity index (χ2n) is 5.31. The number of hydrogen-bond donors (Lipinski definition) is 1. The van der Waals surface area contributed by atoms with Crippen molar-refractivity contribution in [2.24, 2.45) is 0 Å². The van der Waals surface area contributed by atoms with Gasteiger partial charge in [0.2, 0.25) is 0 Å². The lowest BCUT2D eigenvalue weighted by Crippen LogP contribution is -2.27. The minimum atomic E-state index is -0.219. The number of nitrogens with one attached hydrogen (secondary N) is 1. The van der Waals surface area contributed by atoms with Gasteiger partial charge in [-0.2, -0.15) is 0 Å². The van der Waals surface area contributed by atoms with E-state index in [0.29, 0.717) is 18.3 Å². The molecule has 5 heteroatoms. The Bertz CT molecular complexity index is 713. The lowest BCUT2D eigenvalue weighted by atomic mass is 10.1. The van der Waals surface area contributed by atoms with Crippen molar-refractivity contribution in [3.05, 3.63) is 60.6 Å². The summed E-state index contributed by atoms with van der Waals surface area (Å²) in [7, 11) is 0. The van der Waals surface area contributed by atoms with Gasteiger partial charge < -0.3 is 10.2 Å². The molecule has 0 saturated heterocycles. The van der Waals surface area contributed by atoms with E-state index >= 15 is 0 Å². The highest BCUT2D eigenvalue weighted by atomic mass is 16.1. The van der Waals surface area contributed by atoms with Crippen LogP contribution >= 0.6 is 0 Å². The Balaban J connectivity index is 1.92. The number of nitrogens with zero attached hydrogens (tertiary/aromatic N) is 3. The van der Waals surface area contributed by atoms with Crippen LogP contribution in [0.2, 0.25) is 0 Å². The maximum absolute atomic E-state index is 12.0. The topological polar surface area (TPSA) is 58.1 Å². The second kappa shape index (κ2) is 5.97. The van der Waals surface area contributed by atoms with Gasteiger partial charge in [-0.15, -0.1) is 6.58 Å². The normalized spacial score (nSPS) is 16.2. The molecule has 3 rings (SSSR count). The summed E-state index contributed by atoms with van der Waals surface area (Å²) in [5.41, 5.74) is 2.81. The van der Waals surface area contributed by atoms with Crippen molar-refractivity contribution in [2.75, 3.05) is 11.4 Å². The zero-order valence-electron chi connectivity index (χ0n) is 12.5. The molecule has 22 heavy (non-hydrogen) atoms. The van der Waals surface area contributed by atoms with Gasteiger partial charge in [0.05, 0.1) is 0 Å². The molecule has 2 heterocycles. The molecule has 112 valence electrons. The van der Waals surface area contributed by atoms with E-state index in [2.05, 4.69) is 45.8 Å². The smallest absolute Gasteiger partial charge is 0.270 e. The molecule has 1 aliphatic heterocycles. The van der Waals surface area contributed by atoms with Gasteiger partial charge in [0, 0.05) is 24.3 Å². The second-order valence-corrected chi connectivity index (χ2v) is 5.31. The Morgan fingerprint density at radius 3 is 3.09 bits per heavy atom. The van der Waals surface area contributed by atoms with Crippen molar-refractivity contribution in [1.29, 1.82) is 0 Å². The monoisotopic (exact) mass is 294 g/mol. The van der Waals surface area contributed by atoms with Crippen molar-refractivity contribution in [2.45, 2.75) is 19.4 Å². The summed E-state index contributed by atoms with van der Waals surface area (Å²) >= 11 is 0. The zero-order chi connectivity index (χ0) is 15.5. The van der Waals surface area contributed by atoms with Crippen LogP contribution in [0.25, 0.3) is 0 Å². The molecular formula is C17H18N4O. The minimum Gasteiger partial charge on any atom is -0.347 e. The fourth-order valence-electron chi connectivity index (χ4n) is 2.77. The molecule has 0 radical (unpaired) electrons. The molecule has 1 aliphatic rings. The number of hydrogen-bond acceptors (Lipinski definition) is 4. The largest absolute Gasteiger partial charge is 0.347 e. The third-order valence-electron chi connectivity index (χ3n) is 3.75. The predicted octanol–water partition coefficient (Wildman–Crippen LogP) is 2.48. The number of carbonyl (C=O) groups excluding carboxylic acids is 1. The van der Waals surface area contributed by atoms with Crippen LogP contribution < -0.4 is 10.2 Å². The van der Waals surface area contributed by atoms with Crippen LogP contribution in [0.15, 0.2) is 49.3 Å². The molecule has 1 N–H and O–H groups in total. The summed E-state index contributed by atoms with van der Waals surface area (Å²) in [4.78, 5) is 22.6. The first kappa shape index (κ1) is 14.3. The number of fused-ring (bicyclic) bond motifs is 1. The van der Waals surface area contributed by atoms with E-state index < -0.39 is 0 Å². The molecule has 0 bridgehead atoms. The highest BCUT2D eigenvalue weighted by molar-refractivity contribution is 5.93. The summed E-state index contributed by atoms with van der Waals surface area (Å²) in [5, 5.41) is 2.73. The Hall–Kier alpha value is -2.69. The molecule has 0 aliphatic carbocycles. The molecule has 1 unspecified atom stereocenters. The van der Waals surface area contributed by atoms with Gasteiger partial charge in [0.15, 0.2) is 0 Å². The predicted molar refractivity (Wildman–Crippen MR) is 86.3 cm³/mol. The summed E-state index contributed by atoms with van der Waals surface area (Å²) in [6.45, 7) is 6.16. The fourth-order valence-corrected chi connectivity index (χ4v) is 2.77. The SMILES string of the molecule is C=CCNC(=O)c1cc(N2c3ccccc3CC2C)ncn1. The van der Waals surface area contributed by atoms with Crippen molar-refractivity contribution in [1.82, 2.24) is 15.3 Å². The number of aromatic nitrogens is 2. The molecule has 1 atom stereocenters. The van der Waals surface area contributed by atoms with E-state index in [1.807, 2.05) is 12.1 Å². The van der Waals surface area contributed by atoms with E-state index in [9.17, 15) is 4.79 Å². The Morgan fingerprint density at radius 2 is 2.27 bits per heavy atom. The first-order chi connectivity index (χ1) is 10.7. The molecule has 1 aromatic carbocycles. The van der Waals surface area contributed by atoms with E-state index in [-0.39, 0.29) is 5.91 Å². The average Bonchev–Trinajstić information content (AvgIpc) is 2.88. The zero-order valence-corrected chi connectivity index (χ0v) is 12.5. The number of carbonyl (C=O) groups is 1. The molecule has 0 spiro atoms. The third kappa shape index (κ3) is 2.57. The van der Waals surface area contributed by atoms with Crippen LogP contribution in [0.5, 0.6) is 0 Å². The van der Waals surface area contributed by atoms with E-state index in [1.54, 1.807) is 12.1 Å². The van der Waals surface area contributed by atoms with E-state index in [1.165, 1.54) is 11.9 Å². The lowest BCUT2D eigenvalue weighted by Gasteiger charge is -2.23. The Kier molecular flexibility index (Phi) is 3.87. The Labute approximate surface area is 129 Å². The van der Waals surface area contributed by atoms with Gasteiger partial charge in [0.25, 0.3) is 5.91 Å². The van der Waals surface area contributed by atoms with Gasteiger partial charge in [-0.1, -0.05) is 24.3 Å². The van der Waals surface area contributed by atoms with Crippen molar-refractivity contribution < 1.29 is 4.79 Å². The Morgan fingerprint density at radius 1 is 1.45 bits per heavy atom. The van der Waals surface area contributed by atoms with Crippen LogP contribution in [-0.2, 0) is 6.42 Å². The van der Waals surface area contributed by atoms with Crippen LogP contribution in [0.4, 0.5) is 11.5 Å². The highest BCUT2D eigenvalue weighted by Crippen LogP contribution is 2.36. The standard InChI is InChI=1S/C17H18N4O/c1-3-8-18-17(22)14-10-16(20-11-19-14)21-12(2)9-13-6-4-5-7-15(13)21/h3-7,10-12H,1,8-9H2,2H3,(H,18,22). The first-order valence-electron chi connectivity index (χ1n) is 7.29. The third-order valence-corrected chi connectivity index (χ3v) is 3.75. The summed E-state index contributed by atoms with van der Waals surface area (Å²) in [6.07, 6.45) is 4.04. The van der Waals surface area contributed by atoms with Crippen LogP contribution in [0.1, 0.15) is 23.0 Å². The molecule has 1 amide bonds. The maximum atomic E-state index is 12.0. The average molecular weight is 294 g/mol. The van der Waals surface area contributed by atoms with Gasteiger partial charge in [-0.25, -0.2) is 9.97 Å². The van der Waals surface area contributed by atoms with E-state index in [0.717, 1.165) is 17.9 Å². The molecule has 0 saturated carbocycles. The first-order valence-corrected chi connectivity index (χ1v) is 7.29. The molecular weight excluding hydrogens is 276 g/mol. The van der Waals surface area contributed by atoms with Crippen molar-refractivity contribution in [3.8, 4) is 0 Å². The van der Waals surface area contributed by atoms with Gasteiger partial charge >= 0.3 is 0 Å². The quantitative estimate of drug-likeness (QED) is 0.880. The lowest BCUT2D eigenvalue weighted by molar-refractivity contribution is 0.0953. The van der Waals surface area contributed by atoms with Gasteiger partial charge in [-0.3, -0.25) is 4.79 Å². The number of benzene rings is 1. The van der Waals surface area contributed by atoms with Crippen molar-refractivity contribution >= 4 is 17.4 Å². The van der Waals surface area contributed by atoms with Gasteiger partial charge in [0.1, 0.15) is 17.8 Å². The fraction of sp³-hybridized carbons (Fsp3) is 0.235. The molecule has 2 aromatic rings. The summed E-state index contributed by atoms with van der Waals surface area (Å²) < 4.78 is 0. The summed E-state index contributed by atoms with van der Waals surface area (Å²) in [5.74, 6) is 0.528. The molecule has 5 nitrogen and oxygen atoms in total. The highest BCUT2D eigenvalue weighted by Gasteiger charge is 2.28. The number of anilines is 2. The van der Waals surface area contributed by atoms with Crippen LogP contribution in [-0.4, -0.2) is 28.5 Å². The van der Waals surface area contributed by atoms with E-state index in [4.69, 9.17) is 0 Å². The number of rotatable bonds is 4. The van der Waals surface area contributed by atoms with Gasteiger partial charge in [-0.05, 0) is 25.0 Å². The number of para-hydroxylation sites is 1. The minimum absolute atomic E-state index is 0.219. The molecule has 0 fully saturated rings. The number of amides is 1. The van der Waals surface area contributed by atoms with Crippen LogP contribution in [0, 0.1) is 0 Å². The maximum Gasteiger partial charge on any atom is 0.270 e. The van der Waals surface area contributed by atoms with Crippen LogP contribution in [0.3, 0.4) is 0 Å². The summed E-state index contributed by atoms with van der Waals surface area (Å²) in [6, 6.07) is 10.3.